The highest BCUT2D eigenvalue weighted by atomic mass is 32.2. The van der Waals surface area contributed by atoms with Crippen LogP contribution >= 0.6 is 0 Å². The maximum Gasteiger partial charge on any atom is 0.415 e. The average molecular weight is 462 g/mol. The summed E-state index contributed by atoms with van der Waals surface area (Å²) in [5.41, 5.74) is -8.65. The molecular weight excluding hydrogens is 461 g/mol. The third kappa shape index (κ3) is 2.04. The smallest absolute Gasteiger partial charge is 0.283 e. The third-order valence-corrected chi connectivity index (χ3v) is 4.97. The predicted molar refractivity (Wildman–Crippen MR) is 49.7 cm³/mol. The number of hydrogen-bond donors (Lipinski definition) is 1. The highest BCUT2D eigenvalue weighted by Gasteiger charge is 3.10. The molecule has 1 aliphatic rings. The van der Waals surface area contributed by atoms with Crippen molar-refractivity contribution in [3.05, 3.63) is 0 Å². The molecule has 1 N–H and O–H groups in total. The number of alkyl halides is 15. The zero-order valence-corrected chi connectivity index (χ0v) is 12.2. The molecule has 1 rings (SSSR count). The minimum atomic E-state index is -8.65. The molecule has 3 nitrogen and oxygen atoms in total. The molecule has 0 spiro atoms. The first-order chi connectivity index (χ1) is 11.2. The highest BCUT2D eigenvalue weighted by molar-refractivity contribution is 7.87. The molecule has 0 aromatic carbocycles. The zero-order chi connectivity index (χ0) is 22.5. The van der Waals surface area contributed by atoms with Crippen LogP contribution in [0.2, 0.25) is 0 Å². The fraction of sp³-hybridized carbons (Fsp3) is 1.00. The third-order valence-electron chi connectivity index (χ3n) is 3.74. The minimum absolute atomic E-state index is 7.97. The maximum atomic E-state index is 13.7. The normalized spacial score (nSPS) is 28.6. The highest BCUT2D eigenvalue weighted by Crippen LogP contribution is 2.78. The molecule has 162 valence electrons. The first-order valence-corrected chi connectivity index (χ1v) is 6.99. The Labute approximate surface area is 136 Å². The van der Waals surface area contributed by atoms with Crippen LogP contribution in [-0.4, -0.2) is 54.0 Å². The lowest BCUT2D eigenvalue weighted by Gasteiger charge is -2.57. The van der Waals surface area contributed by atoms with E-state index >= 15 is 0 Å². The lowest BCUT2D eigenvalue weighted by atomic mass is 9.62. The molecule has 0 saturated heterocycles. The molecular formula is C8HF15O3S. The topological polar surface area (TPSA) is 54.4 Å². The van der Waals surface area contributed by atoms with Crippen molar-refractivity contribution in [3.63, 3.8) is 0 Å². The van der Waals surface area contributed by atoms with Crippen LogP contribution in [0.1, 0.15) is 0 Å². The van der Waals surface area contributed by atoms with E-state index in [1.807, 2.05) is 0 Å². The quantitative estimate of drug-likeness (QED) is 0.470. The van der Waals surface area contributed by atoms with Gasteiger partial charge < -0.3 is 0 Å². The molecule has 0 bridgehead atoms. The number of halogens is 15. The molecule has 0 atom stereocenters. The summed E-state index contributed by atoms with van der Waals surface area (Å²) in [6.07, 6.45) is -16.7. The molecule has 0 heterocycles. The van der Waals surface area contributed by atoms with E-state index in [0.29, 0.717) is 0 Å². The fourth-order valence-corrected chi connectivity index (χ4v) is 3.37. The van der Waals surface area contributed by atoms with E-state index in [9.17, 15) is 74.3 Å². The summed E-state index contributed by atoms with van der Waals surface area (Å²) in [4.78, 5) is 0. The molecule has 0 aromatic heterocycles. The molecule has 27 heavy (non-hydrogen) atoms. The van der Waals surface area contributed by atoms with Gasteiger partial charge in [-0.3, -0.25) is 4.55 Å². The molecule has 0 unspecified atom stereocenters. The van der Waals surface area contributed by atoms with Crippen molar-refractivity contribution >= 4 is 10.1 Å². The first kappa shape index (κ1) is 23.9. The Morgan fingerprint density at radius 2 is 0.778 bits per heavy atom. The Balaban J connectivity index is 4.43. The van der Waals surface area contributed by atoms with Gasteiger partial charge in [0.1, 0.15) is 0 Å². The lowest BCUT2D eigenvalue weighted by Crippen LogP contribution is -2.89. The molecule has 1 saturated carbocycles. The second-order valence-electron chi connectivity index (χ2n) is 5.11. The predicted octanol–water partition coefficient (Wildman–Crippen LogP) is 4.21. The van der Waals surface area contributed by atoms with E-state index in [0.717, 1.165) is 0 Å². The van der Waals surface area contributed by atoms with Crippen molar-refractivity contribution in [2.75, 3.05) is 0 Å². The molecule has 0 aliphatic heterocycles. The van der Waals surface area contributed by atoms with Crippen LogP contribution in [0, 0.1) is 5.41 Å². The van der Waals surface area contributed by atoms with Crippen molar-refractivity contribution in [3.8, 4) is 0 Å². The van der Waals surface area contributed by atoms with Gasteiger partial charge in [-0.25, -0.2) is 4.39 Å². The van der Waals surface area contributed by atoms with Gasteiger partial charge in [-0.05, 0) is 0 Å². The molecule has 0 amide bonds. The summed E-state index contributed by atoms with van der Waals surface area (Å²) in [6.45, 7) is 0. The van der Waals surface area contributed by atoms with Gasteiger partial charge in [-0.1, -0.05) is 0 Å². The van der Waals surface area contributed by atoms with Crippen LogP contribution in [-0.2, 0) is 10.1 Å². The Morgan fingerprint density at radius 3 is 0.926 bits per heavy atom. The largest absolute Gasteiger partial charge is 0.415 e. The van der Waals surface area contributed by atoms with Crippen LogP contribution in [0.4, 0.5) is 65.9 Å². The van der Waals surface area contributed by atoms with Crippen LogP contribution in [0.25, 0.3) is 0 Å². The Hall–Kier alpha value is -1.14. The van der Waals surface area contributed by atoms with Crippen LogP contribution in [0.15, 0.2) is 0 Å². The van der Waals surface area contributed by atoms with Gasteiger partial charge in [0.15, 0.2) is 0 Å². The second kappa shape index (κ2) is 5.07. The van der Waals surface area contributed by atoms with E-state index in [4.69, 9.17) is 4.55 Å². The monoisotopic (exact) mass is 462 g/mol. The first-order valence-electron chi connectivity index (χ1n) is 5.55. The van der Waals surface area contributed by atoms with Gasteiger partial charge in [0.25, 0.3) is 5.41 Å². The van der Waals surface area contributed by atoms with Gasteiger partial charge >= 0.3 is 51.2 Å². The van der Waals surface area contributed by atoms with E-state index in [1.54, 1.807) is 0 Å². The number of hydrogen-bond acceptors (Lipinski definition) is 2. The SMILES string of the molecule is O=S(=O)(O)C1(F)C(F)(F)C(F)(F)C(C(F)(F)F)(C(F)(F)F)C(F)(F)C1(F)F. The Kier molecular flexibility index (Phi) is 4.48. The van der Waals surface area contributed by atoms with Crippen molar-refractivity contribution in [2.45, 2.75) is 41.0 Å². The lowest BCUT2D eigenvalue weighted by molar-refractivity contribution is -0.536. The van der Waals surface area contributed by atoms with Gasteiger partial charge in [-0.15, -0.1) is 0 Å². The van der Waals surface area contributed by atoms with Gasteiger partial charge in [0.05, 0.1) is 0 Å². The summed E-state index contributed by atoms with van der Waals surface area (Å²) in [5.74, 6) is -33.9. The van der Waals surface area contributed by atoms with E-state index in [2.05, 4.69) is 0 Å². The molecule has 0 aromatic rings. The fourth-order valence-electron chi connectivity index (χ4n) is 2.47. The molecule has 0 radical (unpaired) electrons. The van der Waals surface area contributed by atoms with Crippen LogP contribution in [0.5, 0.6) is 0 Å². The Bertz CT molecular complexity index is 685. The van der Waals surface area contributed by atoms with E-state index in [-0.39, 0.29) is 0 Å². The van der Waals surface area contributed by atoms with Gasteiger partial charge in [0.2, 0.25) is 0 Å². The minimum Gasteiger partial charge on any atom is -0.283 e. The van der Waals surface area contributed by atoms with Crippen LogP contribution < -0.4 is 0 Å². The van der Waals surface area contributed by atoms with Gasteiger partial charge in [-0.2, -0.15) is 69.9 Å². The summed E-state index contributed by atoms with van der Waals surface area (Å²) in [7, 11) is -8.19. The summed E-state index contributed by atoms with van der Waals surface area (Å²) in [6, 6.07) is 0. The van der Waals surface area contributed by atoms with Crippen LogP contribution in [0.3, 0.4) is 0 Å². The zero-order valence-electron chi connectivity index (χ0n) is 11.3. The van der Waals surface area contributed by atoms with E-state index < -0.39 is 56.6 Å². The van der Waals surface area contributed by atoms with Crippen molar-refractivity contribution in [1.82, 2.24) is 0 Å². The number of rotatable bonds is 1. The standard InChI is InChI=1S/C8HF15O3S/c9-2(10)1(7(18,19)20,8(21,22)23)3(11,12)5(15,16)6(17,4(2,13)14)27(24,25)26/h(H,24,25,26). The second-order valence-corrected chi connectivity index (χ2v) is 6.63. The van der Waals surface area contributed by atoms with E-state index in [1.165, 1.54) is 0 Å². The van der Waals surface area contributed by atoms with Crippen molar-refractivity contribution in [1.29, 1.82) is 0 Å². The summed E-state index contributed by atoms with van der Waals surface area (Å²) >= 11 is 0. The Morgan fingerprint density at radius 1 is 0.556 bits per heavy atom. The average Bonchev–Trinajstić information content (AvgIpc) is 2.29. The molecule has 1 aliphatic carbocycles. The van der Waals surface area contributed by atoms with Gasteiger partial charge in [0, 0.05) is 0 Å². The summed E-state index contributed by atoms with van der Waals surface area (Å²) < 4.78 is 226. The molecule has 19 heteroatoms. The maximum absolute atomic E-state index is 13.7. The molecule has 1 fully saturated rings. The van der Waals surface area contributed by atoms with Crippen molar-refractivity contribution < 1.29 is 78.8 Å². The van der Waals surface area contributed by atoms with Crippen molar-refractivity contribution in [2.24, 2.45) is 5.41 Å². The summed E-state index contributed by atoms with van der Waals surface area (Å²) in [5, 5.41) is -7.97.